The van der Waals surface area contributed by atoms with Crippen molar-refractivity contribution in [1.82, 2.24) is 10.2 Å². The van der Waals surface area contributed by atoms with Gasteiger partial charge in [0.05, 0.1) is 6.42 Å². The first-order chi connectivity index (χ1) is 7.99. The van der Waals surface area contributed by atoms with Crippen LogP contribution >= 0.6 is 0 Å². The highest BCUT2D eigenvalue weighted by Crippen LogP contribution is 2.02. The van der Waals surface area contributed by atoms with Crippen molar-refractivity contribution >= 4 is 5.97 Å². The third-order valence-electron chi connectivity index (χ3n) is 3.06. The van der Waals surface area contributed by atoms with Gasteiger partial charge in [0.2, 0.25) is 0 Å². The van der Waals surface area contributed by atoms with Crippen LogP contribution in [0.2, 0.25) is 0 Å². The van der Waals surface area contributed by atoms with Gasteiger partial charge < -0.3 is 15.3 Å². The first kappa shape index (κ1) is 16.4. The van der Waals surface area contributed by atoms with Crippen LogP contribution in [0.4, 0.5) is 0 Å². The van der Waals surface area contributed by atoms with Crippen molar-refractivity contribution in [1.29, 1.82) is 0 Å². The fourth-order valence-corrected chi connectivity index (χ4v) is 2.05. The van der Waals surface area contributed by atoms with Crippen molar-refractivity contribution < 1.29 is 9.90 Å². The summed E-state index contributed by atoms with van der Waals surface area (Å²) >= 11 is 0. The molecule has 0 radical (unpaired) electrons. The Balaban J connectivity index is 3.64. The minimum atomic E-state index is -0.736. The molecule has 0 spiro atoms. The van der Waals surface area contributed by atoms with E-state index in [1.165, 1.54) is 0 Å². The van der Waals surface area contributed by atoms with Gasteiger partial charge in [0.25, 0.3) is 0 Å². The monoisotopic (exact) mass is 244 g/mol. The average Bonchev–Trinajstić information content (AvgIpc) is 2.23. The maximum atomic E-state index is 10.5. The molecule has 2 atom stereocenters. The second kappa shape index (κ2) is 9.42. The maximum Gasteiger partial charge on any atom is 0.304 e. The molecule has 0 heterocycles. The molecule has 0 rings (SSSR count). The van der Waals surface area contributed by atoms with Gasteiger partial charge in [-0.15, -0.1) is 0 Å². The van der Waals surface area contributed by atoms with E-state index in [9.17, 15) is 4.79 Å². The zero-order valence-corrected chi connectivity index (χ0v) is 11.7. The molecule has 0 saturated carbocycles. The third-order valence-corrected chi connectivity index (χ3v) is 3.06. The van der Waals surface area contributed by atoms with Crippen LogP contribution in [0.15, 0.2) is 0 Å². The van der Waals surface area contributed by atoms with Gasteiger partial charge >= 0.3 is 5.97 Å². The SMILES string of the molecule is CCN(CC)CCCC(C)NC(C)CC(=O)O. The number of carbonyl (C=O) groups is 1. The molecular formula is C13H28N2O2. The first-order valence-corrected chi connectivity index (χ1v) is 6.69. The Hall–Kier alpha value is -0.610. The first-order valence-electron chi connectivity index (χ1n) is 6.69. The molecule has 0 aromatic carbocycles. The summed E-state index contributed by atoms with van der Waals surface area (Å²) in [7, 11) is 0. The molecule has 0 aromatic rings. The summed E-state index contributed by atoms with van der Waals surface area (Å²) in [5, 5.41) is 12.0. The predicted octanol–water partition coefficient (Wildman–Crippen LogP) is 1.95. The summed E-state index contributed by atoms with van der Waals surface area (Å²) in [6.45, 7) is 11.8. The van der Waals surface area contributed by atoms with E-state index in [-0.39, 0.29) is 12.5 Å². The molecule has 0 saturated heterocycles. The lowest BCUT2D eigenvalue weighted by molar-refractivity contribution is -0.137. The van der Waals surface area contributed by atoms with Gasteiger partial charge in [-0.2, -0.15) is 0 Å². The van der Waals surface area contributed by atoms with Crippen molar-refractivity contribution in [2.24, 2.45) is 0 Å². The smallest absolute Gasteiger partial charge is 0.304 e. The lowest BCUT2D eigenvalue weighted by atomic mass is 10.1. The fourth-order valence-electron chi connectivity index (χ4n) is 2.05. The molecule has 4 nitrogen and oxygen atoms in total. The Morgan fingerprint density at radius 3 is 2.29 bits per heavy atom. The zero-order chi connectivity index (χ0) is 13.3. The van der Waals surface area contributed by atoms with Crippen molar-refractivity contribution in [3.63, 3.8) is 0 Å². The normalized spacial score (nSPS) is 14.9. The molecule has 0 aliphatic carbocycles. The number of carboxylic acids is 1. The summed E-state index contributed by atoms with van der Waals surface area (Å²) in [5.41, 5.74) is 0. The Kier molecular flexibility index (Phi) is 9.09. The number of nitrogens with zero attached hydrogens (tertiary/aromatic N) is 1. The number of carboxylic acid groups (broad SMARTS) is 1. The summed E-state index contributed by atoms with van der Waals surface area (Å²) < 4.78 is 0. The van der Waals surface area contributed by atoms with Gasteiger partial charge in [0.1, 0.15) is 0 Å². The number of rotatable bonds is 10. The predicted molar refractivity (Wildman–Crippen MR) is 71.3 cm³/mol. The van der Waals surface area contributed by atoms with Gasteiger partial charge in [0, 0.05) is 12.1 Å². The van der Waals surface area contributed by atoms with Gasteiger partial charge in [-0.25, -0.2) is 0 Å². The third kappa shape index (κ3) is 9.12. The van der Waals surface area contributed by atoms with E-state index in [4.69, 9.17) is 5.11 Å². The minimum Gasteiger partial charge on any atom is -0.481 e. The van der Waals surface area contributed by atoms with E-state index in [0.29, 0.717) is 6.04 Å². The van der Waals surface area contributed by atoms with Crippen LogP contribution in [0.5, 0.6) is 0 Å². The van der Waals surface area contributed by atoms with E-state index >= 15 is 0 Å². The van der Waals surface area contributed by atoms with Crippen LogP contribution in [0.1, 0.15) is 47.0 Å². The highest BCUT2D eigenvalue weighted by molar-refractivity contribution is 5.67. The molecule has 2 N–H and O–H groups in total. The summed E-state index contributed by atoms with van der Waals surface area (Å²) in [4.78, 5) is 12.9. The van der Waals surface area contributed by atoms with Gasteiger partial charge in [-0.1, -0.05) is 13.8 Å². The van der Waals surface area contributed by atoms with E-state index in [1.54, 1.807) is 0 Å². The van der Waals surface area contributed by atoms with Crippen molar-refractivity contribution in [3.05, 3.63) is 0 Å². The molecule has 0 aromatic heterocycles. The molecular weight excluding hydrogens is 216 g/mol. The molecule has 4 heteroatoms. The minimum absolute atomic E-state index is 0.0518. The number of hydrogen-bond donors (Lipinski definition) is 2. The summed E-state index contributed by atoms with van der Waals surface area (Å²) in [5.74, 6) is -0.736. The molecule has 17 heavy (non-hydrogen) atoms. The summed E-state index contributed by atoms with van der Waals surface area (Å²) in [6.07, 6.45) is 2.45. The van der Waals surface area contributed by atoms with Crippen molar-refractivity contribution in [2.45, 2.75) is 59.0 Å². The average molecular weight is 244 g/mol. The maximum absolute atomic E-state index is 10.5. The Morgan fingerprint density at radius 1 is 1.24 bits per heavy atom. The highest BCUT2D eigenvalue weighted by Gasteiger charge is 2.10. The van der Waals surface area contributed by atoms with Crippen molar-refractivity contribution in [2.75, 3.05) is 19.6 Å². The van der Waals surface area contributed by atoms with E-state index in [0.717, 1.165) is 32.5 Å². The molecule has 2 unspecified atom stereocenters. The largest absolute Gasteiger partial charge is 0.481 e. The van der Waals surface area contributed by atoms with Crippen LogP contribution in [-0.2, 0) is 4.79 Å². The fraction of sp³-hybridized carbons (Fsp3) is 0.923. The Labute approximate surface area is 105 Å². The van der Waals surface area contributed by atoms with Crippen LogP contribution in [-0.4, -0.2) is 47.7 Å². The quantitative estimate of drug-likeness (QED) is 0.617. The van der Waals surface area contributed by atoms with Crippen LogP contribution < -0.4 is 5.32 Å². The van der Waals surface area contributed by atoms with Crippen molar-refractivity contribution in [3.8, 4) is 0 Å². The number of aliphatic carboxylic acids is 1. The standard InChI is InChI=1S/C13H28N2O2/c1-5-15(6-2)9-7-8-11(3)14-12(4)10-13(16)17/h11-12,14H,5-10H2,1-4H3,(H,16,17). The number of hydrogen-bond acceptors (Lipinski definition) is 3. The summed E-state index contributed by atoms with van der Waals surface area (Å²) in [6, 6.07) is 0.441. The van der Waals surface area contributed by atoms with Gasteiger partial charge in [0.15, 0.2) is 0 Å². The van der Waals surface area contributed by atoms with Gasteiger partial charge in [-0.3, -0.25) is 4.79 Å². The second-order valence-corrected chi connectivity index (χ2v) is 4.74. The van der Waals surface area contributed by atoms with E-state index in [1.807, 2.05) is 6.92 Å². The lowest BCUT2D eigenvalue weighted by Gasteiger charge is -2.21. The lowest BCUT2D eigenvalue weighted by Crippen LogP contribution is -2.36. The Morgan fingerprint density at radius 2 is 1.82 bits per heavy atom. The molecule has 0 aliphatic heterocycles. The van der Waals surface area contributed by atoms with Gasteiger partial charge in [-0.05, 0) is 46.3 Å². The van der Waals surface area contributed by atoms with Crippen LogP contribution in [0, 0.1) is 0 Å². The topological polar surface area (TPSA) is 52.6 Å². The highest BCUT2D eigenvalue weighted by atomic mass is 16.4. The molecule has 102 valence electrons. The molecule has 0 aliphatic rings. The van der Waals surface area contributed by atoms with E-state index < -0.39 is 5.97 Å². The Bertz CT molecular complexity index is 206. The second-order valence-electron chi connectivity index (χ2n) is 4.74. The molecule has 0 bridgehead atoms. The molecule has 0 fully saturated rings. The van der Waals surface area contributed by atoms with Crippen LogP contribution in [0.25, 0.3) is 0 Å². The van der Waals surface area contributed by atoms with Crippen LogP contribution in [0.3, 0.4) is 0 Å². The van der Waals surface area contributed by atoms with E-state index in [2.05, 4.69) is 31.0 Å². The number of nitrogens with one attached hydrogen (secondary N) is 1. The zero-order valence-electron chi connectivity index (χ0n) is 11.7. The molecule has 0 amide bonds.